The number of amides is 2. The lowest BCUT2D eigenvalue weighted by Gasteiger charge is -2.47. The van der Waals surface area contributed by atoms with Crippen molar-refractivity contribution in [2.24, 2.45) is 5.41 Å². The Morgan fingerprint density at radius 1 is 1.10 bits per heavy atom. The third-order valence-electron chi connectivity index (χ3n) is 6.76. The van der Waals surface area contributed by atoms with Crippen LogP contribution in [0.4, 0.5) is 16.4 Å². The lowest BCUT2D eigenvalue weighted by molar-refractivity contribution is 0.0940. The summed E-state index contributed by atoms with van der Waals surface area (Å²) in [6.07, 6.45) is 8.73. The SMILES string of the molecule is CCc1ncnc(N2CCC3(CCN(C(=O)NC)CC3)CC2)c1-c1ccc(N)nc1. The summed E-state index contributed by atoms with van der Waals surface area (Å²) in [5.74, 6) is 1.50. The highest BCUT2D eigenvalue weighted by molar-refractivity contribution is 5.78. The number of nitrogens with zero attached hydrogens (tertiary/aromatic N) is 5. The molecule has 2 fully saturated rings. The van der Waals surface area contributed by atoms with Gasteiger partial charge in [-0.25, -0.2) is 19.7 Å². The minimum atomic E-state index is 0.0390. The lowest BCUT2D eigenvalue weighted by atomic mass is 9.71. The molecule has 0 bridgehead atoms. The van der Waals surface area contributed by atoms with E-state index < -0.39 is 0 Å². The normalized spacial score (nSPS) is 18.5. The molecule has 0 aromatic carbocycles. The van der Waals surface area contributed by atoms with Crippen LogP contribution < -0.4 is 16.0 Å². The minimum absolute atomic E-state index is 0.0390. The van der Waals surface area contributed by atoms with Gasteiger partial charge in [-0.3, -0.25) is 0 Å². The van der Waals surface area contributed by atoms with Crippen LogP contribution in [0, 0.1) is 5.41 Å². The van der Waals surface area contributed by atoms with Gasteiger partial charge in [-0.2, -0.15) is 0 Å². The Bertz CT molecular complexity index is 881. The number of pyridine rings is 1. The number of urea groups is 1. The molecule has 2 aromatic heterocycles. The van der Waals surface area contributed by atoms with E-state index in [0.29, 0.717) is 11.2 Å². The molecule has 2 saturated heterocycles. The minimum Gasteiger partial charge on any atom is -0.384 e. The number of hydrogen-bond donors (Lipinski definition) is 2. The van der Waals surface area contributed by atoms with Crippen LogP contribution in [0.25, 0.3) is 11.1 Å². The molecule has 8 heteroatoms. The van der Waals surface area contributed by atoms with Gasteiger partial charge in [0.25, 0.3) is 0 Å². The standard InChI is InChI=1S/C22H31N7O/c1-3-17-19(16-4-5-18(23)25-14-16)20(27-15-26-17)28-10-6-22(7-11-28)8-12-29(13-9-22)21(30)24-2/h4-5,14-15H,3,6-13H2,1-2H3,(H2,23,25)(H,24,30). The summed E-state index contributed by atoms with van der Waals surface area (Å²) in [7, 11) is 1.70. The lowest BCUT2D eigenvalue weighted by Crippen LogP contribution is -2.50. The Kier molecular flexibility index (Phi) is 5.74. The Hall–Kier alpha value is -2.90. The summed E-state index contributed by atoms with van der Waals surface area (Å²) < 4.78 is 0. The summed E-state index contributed by atoms with van der Waals surface area (Å²) in [4.78, 5) is 29.7. The predicted molar refractivity (Wildman–Crippen MR) is 118 cm³/mol. The third kappa shape index (κ3) is 3.91. The highest BCUT2D eigenvalue weighted by Gasteiger charge is 2.39. The number of hydrogen-bond acceptors (Lipinski definition) is 6. The second kappa shape index (κ2) is 8.45. The molecule has 4 rings (SSSR count). The first kappa shape index (κ1) is 20.4. The van der Waals surface area contributed by atoms with Crippen LogP contribution in [-0.2, 0) is 6.42 Å². The quantitative estimate of drug-likeness (QED) is 0.808. The second-order valence-electron chi connectivity index (χ2n) is 8.37. The molecule has 2 aliphatic heterocycles. The fourth-order valence-electron chi connectivity index (χ4n) is 4.80. The number of aromatic nitrogens is 3. The molecule has 1 spiro atoms. The number of rotatable bonds is 3. The molecule has 0 atom stereocenters. The Morgan fingerprint density at radius 3 is 2.40 bits per heavy atom. The topological polar surface area (TPSA) is 100 Å². The van der Waals surface area contributed by atoms with E-state index in [1.807, 2.05) is 23.2 Å². The van der Waals surface area contributed by atoms with Gasteiger partial charge in [0.15, 0.2) is 0 Å². The van der Waals surface area contributed by atoms with E-state index in [2.05, 4.69) is 32.1 Å². The zero-order valence-corrected chi connectivity index (χ0v) is 17.9. The second-order valence-corrected chi connectivity index (χ2v) is 8.37. The van der Waals surface area contributed by atoms with Crippen LogP contribution in [0.2, 0.25) is 0 Å². The number of nitrogen functional groups attached to an aromatic ring is 1. The Morgan fingerprint density at radius 2 is 1.80 bits per heavy atom. The number of piperidine rings is 2. The van der Waals surface area contributed by atoms with Crippen molar-refractivity contribution in [2.75, 3.05) is 43.9 Å². The average molecular weight is 410 g/mol. The summed E-state index contributed by atoms with van der Waals surface area (Å²) in [6.45, 7) is 5.74. The van der Waals surface area contributed by atoms with E-state index in [1.165, 1.54) is 0 Å². The summed E-state index contributed by atoms with van der Waals surface area (Å²) in [5.41, 5.74) is 9.24. The van der Waals surface area contributed by atoms with Crippen LogP contribution in [0.3, 0.4) is 0 Å². The van der Waals surface area contributed by atoms with Gasteiger partial charge in [-0.15, -0.1) is 0 Å². The fraction of sp³-hybridized carbons (Fsp3) is 0.545. The highest BCUT2D eigenvalue weighted by atomic mass is 16.2. The molecule has 30 heavy (non-hydrogen) atoms. The van der Waals surface area contributed by atoms with Crippen molar-refractivity contribution >= 4 is 17.7 Å². The van der Waals surface area contributed by atoms with Crippen molar-refractivity contribution in [1.29, 1.82) is 0 Å². The largest absolute Gasteiger partial charge is 0.384 e. The monoisotopic (exact) mass is 409 g/mol. The molecule has 8 nitrogen and oxygen atoms in total. The van der Waals surface area contributed by atoms with Crippen LogP contribution in [0.1, 0.15) is 38.3 Å². The van der Waals surface area contributed by atoms with E-state index in [9.17, 15) is 4.79 Å². The van der Waals surface area contributed by atoms with Gasteiger partial charge in [0.2, 0.25) is 0 Å². The summed E-state index contributed by atoms with van der Waals surface area (Å²) in [6, 6.07) is 3.87. The number of nitrogens with two attached hydrogens (primary N) is 1. The molecule has 4 heterocycles. The van der Waals surface area contributed by atoms with Crippen molar-refractivity contribution < 1.29 is 4.79 Å². The van der Waals surface area contributed by atoms with Gasteiger partial charge in [0, 0.05) is 50.6 Å². The Balaban J connectivity index is 1.52. The molecule has 0 radical (unpaired) electrons. The molecule has 0 unspecified atom stereocenters. The van der Waals surface area contributed by atoms with E-state index in [1.54, 1.807) is 13.4 Å². The van der Waals surface area contributed by atoms with Gasteiger partial charge in [-0.05, 0) is 49.7 Å². The van der Waals surface area contributed by atoms with Crippen LogP contribution in [0.15, 0.2) is 24.7 Å². The third-order valence-corrected chi connectivity index (χ3v) is 6.76. The molecular formula is C22H31N7O. The highest BCUT2D eigenvalue weighted by Crippen LogP contribution is 2.43. The van der Waals surface area contributed by atoms with Crippen molar-refractivity contribution in [3.05, 3.63) is 30.4 Å². The predicted octanol–water partition coefficient (Wildman–Crippen LogP) is 2.71. The number of nitrogens with one attached hydrogen (secondary N) is 1. The van der Waals surface area contributed by atoms with Gasteiger partial charge in [0.05, 0.1) is 5.69 Å². The van der Waals surface area contributed by atoms with Crippen LogP contribution in [0.5, 0.6) is 0 Å². The molecular weight excluding hydrogens is 378 g/mol. The van der Waals surface area contributed by atoms with E-state index >= 15 is 0 Å². The first-order chi connectivity index (χ1) is 14.5. The van der Waals surface area contributed by atoms with Gasteiger partial charge in [0.1, 0.15) is 18.0 Å². The molecule has 0 aliphatic carbocycles. The average Bonchev–Trinajstić information content (AvgIpc) is 2.80. The number of anilines is 2. The molecule has 2 aliphatic rings. The molecule has 160 valence electrons. The van der Waals surface area contributed by atoms with Crippen molar-refractivity contribution in [1.82, 2.24) is 25.2 Å². The van der Waals surface area contributed by atoms with E-state index in [0.717, 1.165) is 80.9 Å². The maximum Gasteiger partial charge on any atom is 0.317 e. The summed E-state index contributed by atoms with van der Waals surface area (Å²) in [5, 5.41) is 2.74. The van der Waals surface area contributed by atoms with Crippen LogP contribution >= 0.6 is 0 Å². The maximum atomic E-state index is 11.9. The molecule has 2 amide bonds. The van der Waals surface area contributed by atoms with E-state index in [-0.39, 0.29) is 6.03 Å². The summed E-state index contributed by atoms with van der Waals surface area (Å²) >= 11 is 0. The Labute approximate surface area is 177 Å². The van der Waals surface area contributed by atoms with Gasteiger partial charge in [-0.1, -0.05) is 6.92 Å². The maximum absolute atomic E-state index is 11.9. The number of carbonyl (C=O) groups excluding carboxylic acids is 1. The fourth-order valence-corrected chi connectivity index (χ4v) is 4.80. The first-order valence-electron chi connectivity index (χ1n) is 10.8. The van der Waals surface area contributed by atoms with E-state index in [4.69, 9.17) is 5.73 Å². The van der Waals surface area contributed by atoms with Gasteiger partial charge >= 0.3 is 6.03 Å². The van der Waals surface area contributed by atoms with Crippen molar-refractivity contribution in [3.63, 3.8) is 0 Å². The zero-order valence-electron chi connectivity index (χ0n) is 17.9. The smallest absolute Gasteiger partial charge is 0.317 e. The van der Waals surface area contributed by atoms with Crippen molar-refractivity contribution in [2.45, 2.75) is 39.0 Å². The van der Waals surface area contributed by atoms with Crippen LogP contribution in [-0.4, -0.2) is 59.1 Å². The molecule has 3 N–H and O–H groups in total. The number of carbonyl (C=O) groups is 1. The zero-order chi connectivity index (χ0) is 21.1. The number of likely N-dealkylation sites (tertiary alicyclic amines) is 1. The molecule has 2 aromatic rings. The number of aryl methyl sites for hydroxylation is 1. The molecule has 0 saturated carbocycles. The first-order valence-corrected chi connectivity index (χ1v) is 10.8. The van der Waals surface area contributed by atoms with Gasteiger partial charge < -0.3 is 20.9 Å². The van der Waals surface area contributed by atoms with Crippen molar-refractivity contribution in [3.8, 4) is 11.1 Å².